The van der Waals surface area contributed by atoms with Gasteiger partial charge in [0.1, 0.15) is 12.1 Å². The fraction of sp³-hybridized carbons (Fsp3) is 0.524. The van der Waals surface area contributed by atoms with Crippen molar-refractivity contribution in [3.05, 3.63) is 35.9 Å². The van der Waals surface area contributed by atoms with Crippen molar-refractivity contribution >= 4 is 35.5 Å². The molecule has 0 saturated heterocycles. The Kier molecular flexibility index (Phi) is 12.3. The summed E-state index contributed by atoms with van der Waals surface area (Å²) < 4.78 is 9.30. The molecule has 0 bridgehead atoms. The molecule has 2 atom stereocenters. The molecule has 1 rings (SSSR count). The Balaban J connectivity index is 2.77. The summed E-state index contributed by atoms with van der Waals surface area (Å²) in [5.41, 5.74) is 1.10. The van der Waals surface area contributed by atoms with Gasteiger partial charge in [0.05, 0.1) is 14.2 Å². The lowest BCUT2D eigenvalue weighted by atomic mass is 10.1. The highest BCUT2D eigenvalue weighted by Gasteiger charge is 2.27. The van der Waals surface area contributed by atoms with Crippen LogP contribution in [0.1, 0.15) is 38.2 Å². The summed E-state index contributed by atoms with van der Waals surface area (Å²) >= 11 is 1.50. The zero-order chi connectivity index (χ0) is 22.4. The van der Waals surface area contributed by atoms with Crippen molar-refractivity contribution in [2.24, 2.45) is 0 Å². The number of rotatable bonds is 13. The van der Waals surface area contributed by atoms with E-state index in [1.807, 2.05) is 37.3 Å². The molecule has 0 aliphatic carbocycles. The largest absolute Gasteiger partial charge is 0.469 e. The minimum atomic E-state index is -1.01. The molecular formula is C21H30N2O6S. The summed E-state index contributed by atoms with van der Waals surface area (Å²) in [4.78, 5) is 48.3. The highest BCUT2D eigenvalue weighted by Crippen LogP contribution is 2.13. The fourth-order valence-corrected chi connectivity index (χ4v) is 3.59. The van der Waals surface area contributed by atoms with E-state index in [1.165, 1.54) is 26.0 Å². The van der Waals surface area contributed by atoms with Gasteiger partial charge in [0.15, 0.2) is 0 Å². The van der Waals surface area contributed by atoms with Crippen LogP contribution in [0.25, 0.3) is 0 Å². The monoisotopic (exact) mass is 438 g/mol. The number of esters is 2. The second-order valence-corrected chi connectivity index (χ2v) is 7.60. The summed E-state index contributed by atoms with van der Waals surface area (Å²) in [5.74, 6) is -0.882. The van der Waals surface area contributed by atoms with Crippen LogP contribution < -0.4 is 10.6 Å². The average molecular weight is 439 g/mol. The summed E-state index contributed by atoms with van der Waals surface area (Å²) in [5, 5.41) is 5.32. The molecule has 9 heteroatoms. The molecule has 166 valence electrons. The van der Waals surface area contributed by atoms with Crippen LogP contribution in [-0.2, 0) is 34.4 Å². The molecule has 8 nitrogen and oxygen atoms in total. The van der Waals surface area contributed by atoms with Crippen molar-refractivity contribution in [3.8, 4) is 0 Å². The highest BCUT2D eigenvalue weighted by atomic mass is 32.2. The van der Waals surface area contributed by atoms with E-state index >= 15 is 0 Å². The fourth-order valence-electron chi connectivity index (χ4n) is 2.57. The molecule has 0 unspecified atom stereocenters. The van der Waals surface area contributed by atoms with E-state index in [9.17, 15) is 19.2 Å². The molecule has 1 aromatic rings. The number of ether oxygens (including phenoxy) is 2. The van der Waals surface area contributed by atoms with Crippen LogP contribution in [0.3, 0.4) is 0 Å². The molecule has 0 fully saturated rings. The van der Waals surface area contributed by atoms with Gasteiger partial charge in [0.2, 0.25) is 11.8 Å². The van der Waals surface area contributed by atoms with E-state index in [2.05, 4.69) is 15.4 Å². The Morgan fingerprint density at radius 1 is 0.967 bits per heavy atom. The average Bonchev–Trinajstić information content (AvgIpc) is 2.75. The molecule has 0 saturated carbocycles. The molecular weight excluding hydrogens is 408 g/mol. The van der Waals surface area contributed by atoms with Gasteiger partial charge < -0.3 is 20.1 Å². The van der Waals surface area contributed by atoms with Gasteiger partial charge in [-0.2, -0.15) is 11.8 Å². The first-order chi connectivity index (χ1) is 14.4. The third kappa shape index (κ3) is 9.78. The summed E-state index contributed by atoms with van der Waals surface area (Å²) in [6.45, 7) is 1.87. The van der Waals surface area contributed by atoms with Crippen molar-refractivity contribution in [1.82, 2.24) is 10.6 Å². The zero-order valence-electron chi connectivity index (χ0n) is 17.6. The highest BCUT2D eigenvalue weighted by molar-refractivity contribution is 7.98. The lowest BCUT2D eigenvalue weighted by Crippen LogP contribution is -2.53. The number of methoxy groups -OCH3 is 2. The molecule has 2 amide bonds. The van der Waals surface area contributed by atoms with Gasteiger partial charge in [-0.25, -0.2) is 4.79 Å². The standard InChI is InChI=1S/C21H30N2O6S/c1-4-8-18(24)22-17(14-30-13-15-9-6-5-7-10-15)20(26)23-16(21(27)29-3)11-12-19(25)28-2/h5-7,9-10,16-17H,4,8,11-14H2,1-3H3,(H,22,24)(H,23,26)/t16-,17-/m0/s1. The normalized spacial score (nSPS) is 12.4. The van der Waals surface area contributed by atoms with Gasteiger partial charge in [0.25, 0.3) is 0 Å². The smallest absolute Gasteiger partial charge is 0.328 e. The number of benzene rings is 1. The van der Waals surface area contributed by atoms with Crippen molar-refractivity contribution < 1.29 is 28.7 Å². The number of carbonyl (C=O) groups is 4. The molecule has 1 aromatic carbocycles. The third-order valence-electron chi connectivity index (χ3n) is 4.19. The minimum Gasteiger partial charge on any atom is -0.469 e. The predicted molar refractivity (Wildman–Crippen MR) is 115 cm³/mol. The van der Waals surface area contributed by atoms with E-state index in [0.717, 1.165) is 5.56 Å². The Bertz CT molecular complexity index is 698. The van der Waals surface area contributed by atoms with Gasteiger partial charge in [0, 0.05) is 24.3 Å². The quantitative estimate of drug-likeness (QED) is 0.452. The van der Waals surface area contributed by atoms with Gasteiger partial charge in [-0.1, -0.05) is 37.3 Å². The SMILES string of the molecule is CCCC(=O)N[C@@H](CSCc1ccccc1)C(=O)N[C@@H](CCC(=O)OC)C(=O)OC. The summed E-state index contributed by atoms with van der Waals surface area (Å²) in [6.07, 6.45) is 0.946. The predicted octanol–water partition coefficient (Wildman–Crippen LogP) is 1.82. The van der Waals surface area contributed by atoms with Crippen molar-refractivity contribution in [1.29, 1.82) is 0 Å². The van der Waals surface area contributed by atoms with Gasteiger partial charge in [-0.05, 0) is 18.4 Å². The van der Waals surface area contributed by atoms with Crippen molar-refractivity contribution in [2.45, 2.75) is 50.4 Å². The van der Waals surface area contributed by atoms with Crippen LogP contribution in [0.15, 0.2) is 30.3 Å². The van der Waals surface area contributed by atoms with Crippen LogP contribution in [0, 0.1) is 0 Å². The molecule has 0 heterocycles. The van der Waals surface area contributed by atoms with Gasteiger partial charge >= 0.3 is 11.9 Å². The van der Waals surface area contributed by atoms with Gasteiger partial charge in [-0.3, -0.25) is 14.4 Å². The van der Waals surface area contributed by atoms with Crippen LogP contribution >= 0.6 is 11.8 Å². The van der Waals surface area contributed by atoms with Crippen molar-refractivity contribution in [3.63, 3.8) is 0 Å². The second-order valence-electron chi connectivity index (χ2n) is 6.57. The molecule has 30 heavy (non-hydrogen) atoms. The number of amides is 2. The maximum Gasteiger partial charge on any atom is 0.328 e. The first-order valence-corrected chi connectivity index (χ1v) is 10.9. The molecule has 0 aliphatic heterocycles. The molecule has 0 radical (unpaired) electrons. The van der Waals surface area contributed by atoms with Crippen molar-refractivity contribution in [2.75, 3.05) is 20.0 Å². The Morgan fingerprint density at radius 2 is 1.67 bits per heavy atom. The second kappa shape index (κ2) is 14.4. The van der Waals surface area contributed by atoms with Gasteiger partial charge in [-0.15, -0.1) is 0 Å². The third-order valence-corrected chi connectivity index (χ3v) is 5.30. The summed E-state index contributed by atoms with van der Waals surface area (Å²) in [6, 6.07) is 7.94. The number of thioether (sulfide) groups is 1. The minimum absolute atomic E-state index is 0.0396. The maximum absolute atomic E-state index is 12.8. The lowest BCUT2D eigenvalue weighted by molar-refractivity contribution is -0.146. The number of carbonyl (C=O) groups excluding carboxylic acids is 4. The Hall–Kier alpha value is -2.55. The lowest BCUT2D eigenvalue weighted by Gasteiger charge is -2.22. The zero-order valence-corrected chi connectivity index (χ0v) is 18.5. The summed E-state index contributed by atoms with van der Waals surface area (Å²) in [7, 11) is 2.45. The topological polar surface area (TPSA) is 111 Å². The van der Waals surface area contributed by atoms with E-state index in [0.29, 0.717) is 24.3 Å². The van der Waals surface area contributed by atoms with E-state index in [1.54, 1.807) is 0 Å². The van der Waals surface area contributed by atoms with Crippen LogP contribution in [-0.4, -0.2) is 55.8 Å². The van der Waals surface area contributed by atoms with E-state index in [4.69, 9.17) is 4.74 Å². The Labute approximate surface area is 181 Å². The number of hydrogen-bond acceptors (Lipinski definition) is 7. The molecule has 0 aliphatic rings. The van der Waals surface area contributed by atoms with Crippen LogP contribution in [0.5, 0.6) is 0 Å². The van der Waals surface area contributed by atoms with Crippen LogP contribution in [0.4, 0.5) is 0 Å². The molecule has 2 N–H and O–H groups in total. The number of nitrogens with one attached hydrogen (secondary N) is 2. The Morgan fingerprint density at radius 3 is 2.27 bits per heavy atom. The van der Waals surface area contributed by atoms with E-state index in [-0.39, 0.29) is 18.7 Å². The number of hydrogen-bond donors (Lipinski definition) is 2. The molecule has 0 aromatic heterocycles. The first-order valence-electron chi connectivity index (χ1n) is 9.77. The first kappa shape index (κ1) is 25.5. The maximum atomic E-state index is 12.8. The van der Waals surface area contributed by atoms with Crippen LogP contribution in [0.2, 0.25) is 0 Å². The van der Waals surface area contributed by atoms with E-state index < -0.39 is 29.9 Å². The molecule has 0 spiro atoms.